The van der Waals surface area contributed by atoms with Gasteiger partial charge < -0.3 is 20.9 Å². The summed E-state index contributed by atoms with van der Waals surface area (Å²) in [5.41, 5.74) is 5.97. The molecule has 19 heavy (non-hydrogen) atoms. The van der Waals surface area contributed by atoms with Crippen molar-refractivity contribution < 1.29 is 14.6 Å². The molecule has 0 atom stereocenters. The van der Waals surface area contributed by atoms with Gasteiger partial charge in [-0.1, -0.05) is 26.0 Å². The molecule has 5 nitrogen and oxygen atoms in total. The van der Waals surface area contributed by atoms with Crippen LogP contribution in [0.15, 0.2) is 24.3 Å². The van der Waals surface area contributed by atoms with Crippen LogP contribution >= 0.6 is 0 Å². The highest BCUT2D eigenvalue weighted by Gasteiger charge is 2.17. The van der Waals surface area contributed by atoms with E-state index < -0.39 is 0 Å². The fourth-order valence-electron chi connectivity index (χ4n) is 1.35. The van der Waals surface area contributed by atoms with E-state index in [-0.39, 0.29) is 31.0 Å². The van der Waals surface area contributed by atoms with Gasteiger partial charge in [-0.2, -0.15) is 0 Å². The molecule has 0 spiro atoms. The van der Waals surface area contributed by atoms with Crippen molar-refractivity contribution in [3.63, 3.8) is 0 Å². The maximum absolute atomic E-state index is 11.6. The highest BCUT2D eigenvalue weighted by atomic mass is 16.5. The van der Waals surface area contributed by atoms with Gasteiger partial charge >= 0.3 is 0 Å². The van der Waals surface area contributed by atoms with E-state index in [1.165, 1.54) is 0 Å². The van der Waals surface area contributed by atoms with Gasteiger partial charge in [0.1, 0.15) is 5.75 Å². The molecule has 1 aromatic carbocycles. The van der Waals surface area contributed by atoms with Gasteiger partial charge in [-0.25, -0.2) is 0 Å². The number of aliphatic hydroxyl groups excluding tert-OH is 1. The van der Waals surface area contributed by atoms with Crippen molar-refractivity contribution in [2.24, 2.45) is 5.41 Å². The normalized spacial score (nSPS) is 11.1. The standard InChI is InChI=1S/C14H22N2O3/c1-14(2,10-17)9-16-13(18)7-8-19-12-6-4-3-5-11(12)15/h3-6,17H,7-10,15H2,1-2H3,(H,16,18). The Kier molecular flexibility index (Phi) is 5.63. The molecule has 1 rings (SSSR count). The predicted molar refractivity (Wildman–Crippen MR) is 74.8 cm³/mol. The summed E-state index contributed by atoms with van der Waals surface area (Å²) in [7, 11) is 0. The van der Waals surface area contributed by atoms with Crippen LogP contribution in [0.4, 0.5) is 5.69 Å². The minimum Gasteiger partial charge on any atom is -0.491 e. The van der Waals surface area contributed by atoms with Crippen molar-refractivity contribution in [2.75, 3.05) is 25.5 Å². The van der Waals surface area contributed by atoms with Crippen molar-refractivity contribution in [3.8, 4) is 5.75 Å². The molecule has 4 N–H and O–H groups in total. The Morgan fingerprint density at radius 3 is 2.74 bits per heavy atom. The minimum absolute atomic E-state index is 0.0321. The van der Waals surface area contributed by atoms with Crippen molar-refractivity contribution in [1.29, 1.82) is 0 Å². The van der Waals surface area contributed by atoms with Gasteiger partial charge in [0.2, 0.25) is 5.91 Å². The lowest BCUT2D eigenvalue weighted by Gasteiger charge is -2.21. The zero-order valence-corrected chi connectivity index (χ0v) is 11.5. The van der Waals surface area contributed by atoms with E-state index in [4.69, 9.17) is 15.6 Å². The van der Waals surface area contributed by atoms with E-state index in [1.54, 1.807) is 12.1 Å². The topological polar surface area (TPSA) is 84.6 Å². The number of carbonyl (C=O) groups excluding carboxylic acids is 1. The largest absolute Gasteiger partial charge is 0.491 e. The molecule has 0 unspecified atom stereocenters. The van der Waals surface area contributed by atoms with Crippen LogP contribution in [-0.2, 0) is 4.79 Å². The highest BCUT2D eigenvalue weighted by molar-refractivity contribution is 5.76. The van der Waals surface area contributed by atoms with Gasteiger partial charge in [0.05, 0.1) is 18.7 Å². The molecule has 5 heteroatoms. The predicted octanol–water partition coefficient (Wildman–Crippen LogP) is 1.17. The third-order valence-electron chi connectivity index (χ3n) is 2.70. The van der Waals surface area contributed by atoms with Crippen molar-refractivity contribution >= 4 is 11.6 Å². The maximum atomic E-state index is 11.6. The first-order valence-electron chi connectivity index (χ1n) is 6.29. The molecule has 0 radical (unpaired) electrons. The van der Waals surface area contributed by atoms with E-state index in [2.05, 4.69) is 5.32 Å². The number of nitrogen functional groups attached to an aromatic ring is 1. The lowest BCUT2D eigenvalue weighted by atomic mass is 9.95. The molecule has 0 aliphatic rings. The first-order valence-corrected chi connectivity index (χ1v) is 6.29. The molecule has 1 amide bonds. The third-order valence-corrected chi connectivity index (χ3v) is 2.70. The zero-order valence-electron chi connectivity index (χ0n) is 11.5. The number of aliphatic hydroxyl groups is 1. The molecule has 0 fully saturated rings. The minimum atomic E-state index is -0.305. The molecular weight excluding hydrogens is 244 g/mol. The van der Waals surface area contributed by atoms with Gasteiger partial charge in [-0.3, -0.25) is 4.79 Å². The number of benzene rings is 1. The summed E-state index contributed by atoms with van der Waals surface area (Å²) in [5, 5.41) is 11.8. The van der Waals surface area contributed by atoms with Crippen LogP contribution in [0.3, 0.4) is 0 Å². The SMILES string of the molecule is CC(C)(CO)CNC(=O)CCOc1ccccc1N. The summed E-state index contributed by atoms with van der Waals surface area (Å²) in [4.78, 5) is 11.6. The van der Waals surface area contributed by atoms with Gasteiger partial charge in [0.15, 0.2) is 0 Å². The Morgan fingerprint density at radius 2 is 2.11 bits per heavy atom. The van der Waals surface area contributed by atoms with Gasteiger partial charge in [-0.05, 0) is 12.1 Å². The lowest BCUT2D eigenvalue weighted by Crippen LogP contribution is -2.36. The molecule has 0 heterocycles. The quantitative estimate of drug-likeness (QED) is 0.647. The number of carbonyl (C=O) groups is 1. The van der Waals surface area contributed by atoms with E-state index in [0.29, 0.717) is 18.0 Å². The second kappa shape index (κ2) is 6.99. The molecule has 0 saturated heterocycles. The summed E-state index contributed by atoms with van der Waals surface area (Å²) in [5.74, 6) is 0.488. The Morgan fingerprint density at radius 1 is 1.42 bits per heavy atom. The Hall–Kier alpha value is -1.75. The summed E-state index contributed by atoms with van der Waals surface area (Å²) in [6, 6.07) is 7.17. The van der Waals surface area contributed by atoms with E-state index in [9.17, 15) is 4.79 Å². The van der Waals surface area contributed by atoms with Crippen molar-refractivity contribution in [1.82, 2.24) is 5.32 Å². The summed E-state index contributed by atoms with van der Waals surface area (Å²) < 4.78 is 5.43. The lowest BCUT2D eigenvalue weighted by molar-refractivity contribution is -0.122. The number of amides is 1. The molecule has 1 aromatic rings. The van der Waals surface area contributed by atoms with Crippen LogP contribution in [0.25, 0.3) is 0 Å². The number of nitrogens with one attached hydrogen (secondary N) is 1. The van der Waals surface area contributed by atoms with Crippen LogP contribution < -0.4 is 15.8 Å². The van der Waals surface area contributed by atoms with Crippen molar-refractivity contribution in [3.05, 3.63) is 24.3 Å². The average molecular weight is 266 g/mol. The number of hydrogen-bond donors (Lipinski definition) is 3. The van der Waals surface area contributed by atoms with Crippen molar-refractivity contribution in [2.45, 2.75) is 20.3 Å². The molecule has 0 saturated carbocycles. The van der Waals surface area contributed by atoms with Crippen LogP contribution in [-0.4, -0.2) is 30.8 Å². The van der Waals surface area contributed by atoms with Crippen LogP contribution in [0.5, 0.6) is 5.75 Å². The molecule has 106 valence electrons. The zero-order chi connectivity index (χ0) is 14.3. The molecule has 0 aromatic heterocycles. The van der Waals surface area contributed by atoms with E-state index in [0.717, 1.165) is 0 Å². The first kappa shape index (κ1) is 15.3. The second-order valence-electron chi connectivity index (χ2n) is 5.24. The average Bonchev–Trinajstić information content (AvgIpc) is 2.39. The molecule has 0 aliphatic carbocycles. The fraction of sp³-hybridized carbons (Fsp3) is 0.500. The smallest absolute Gasteiger partial charge is 0.223 e. The van der Waals surface area contributed by atoms with Crippen LogP contribution in [0, 0.1) is 5.41 Å². The number of para-hydroxylation sites is 2. The summed E-state index contributed by atoms with van der Waals surface area (Å²) in [6.45, 7) is 4.52. The second-order valence-corrected chi connectivity index (χ2v) is 5.24. The number of anilines is 1. The number of nitrogens with two attached hydrogens (primary N) is 1. The first-order chi connectivity index (χ1) is 8.94. The van der Waals surface area contributed by atoms with Gasteiger partial charge in [0, 0.05) is 18.6 Å². The number of rotatable bonds is 7. The number of ether oxygens (including phenoxy) is 1. The summed E-state index contributed by atoms with van der Waals surface area (Å²) in [6.07, 6.45) is 0.260. The molecule has 0 bridgehead atoms. The third kappa shape index (κ3) is 5.61. The maximum Gasteiger partial charge on any atom is 0.223 e. The van der Waals surface area contributed by atoms with Crippen LogP contribution in [0.2, 0.25) is 0 Å². The van der Waals surface area contributed by atoms with Gasteiger partial charge in [0.25, 0.3) is 0 Å². The van der Waals surface area contributed by atoms with Crippen LogP contribution in [0.1, 0.15) is 20.3 Å². The fourth-order valence-corrected chi connectivity index (χ4v) is 1.35. The molecule has 0 aliphatic heterocycles. The summed E-state index contributed by atoms with van der Waals surface area (Å²) >= 11 is 0. The Labute approximate surface area is 113 Å². The van der Waals surface area contributed by atoms with E-state index >= 15 is 0 Å². The Bertz CT molecular complexity index is 419. The van der Waals surface area contributed by atoms with E-state index in [1.807, 2.05) is 26.0 Å². The number of hydrogen-bond acceptors (Lipinski definition) is 4. The highest BCUT2D eigenvalue weighted by Crippen LogP contribution is 2.19. The monoisotopic (exact) mass is 266 g/mol. The Balaban J connectivity index is 2.26. The molecular formula is C14H22N2O3. The van der Waals surface area contributed by atoms with Gasteiger partial charge in [-0.15, -0.1) is 0 Å².